The van der Waals surface area contributed by atoms with Crippen molar-refractivity contribution in [2.75, 3.05) is 18.4 Å². The molecule has 0 spiro atoms. The minimum Gasteiger partial charge on any atom is -0.347 e. The van der Waals surface area contributed by atoms with Crippen LogP contribution in [0.3, 0.4) is 0 Å². The molecule has 6 nitrogen and oxygen atoms in total. The van der Waals surface area contributed by atoms with Crippen LogP contribution in [0.2, 0.25) is 0 Å². The van der Waals surface area contributed by atoms with E-state index in [-0.39, 0.29) is 24.9 Å². The van der Waals surface area contributed by atoms with Crippen LogP contribution in [0.4, 0.5) is 5.69 Å². The predicted octanol–water partition coefficient (Wildman–Crippen LogP) is 1.31. The Kier molecular flexibility index (Phi) is 5.16. The number of anilines is 1. The second-order valence-corrected chi connectivity index (χ2v) is 5.66. The number of hydrogen-bond acceptors (Lipinski definition) is 3. The zero-order chi connectivity index (χ0) is 16.1. The Bertz CT molecular complexity index is 676. The third-order valence-corrected chi connectivity index (χ3v) is 3.25. The maximum absolute atomic E-state index is 11.7. The summed E-state index contributed by atoms with van der Waals surface area (Å²) in [5.41, 5.74) is 7.02. The van der Waals surface area contributed by atoms with Gasteiger partial charge in [-0.25, -0.2) is 0 Å². The fraction of sp³-hybridized carbons (Fsp3) is 0.375. The first-order valence-corrected chi connectivity index (χ1v) is 7.35. The van der Waals surface area contributed by atoms with Gasteiger partial charge in [-0.2, -0.15) is 0 Å². The quantitative estimate of drug-likeness (QED) is 0.751. The number of nitrogens with one attached hydrogen (secondary N) is 2. The summed E-state index contributed by atoms with van der Waals surface area (Å²) in [6, 6.07) is 7.81. The van der Waals surface area contributed by atoms with E-state index in [4.69, 9.17) is 5.73 Å². The average Bonchev–Trinajstić information content (AvgIpc) is 2.86. The van der Waals surface area contributed by atoms with Crippen molar-refractivity contribution in [3.8, 4) is 0 Å². The molecule has 0 radical (unpaired) electrons. The van der Waals surface area contributed by atoms with Gasteiger partial charge in [-0.15, -0.1) is 0 Å². The first-order chi connectivity index (χ1) is 10.5. The number of nitrogens with two attached hydrogens (primary N) is 1. The molecule has 22 heavy (non-hydrogen) atoms. The summed E-state index contributed by atoms with van der Waals surface area (Å²) in [4.78, 5) is 22.8. The van der Waals surface area contributed by atoms with Crippen molar-refractivity contribution in [2.45, 2.75) is 20.4 Å². The summed E-state index contributed by atoms with van der Waals surface area (Å²) in [7, 11) is 0. The lowest BCUT2D eigenvalue weighted by atomic mass is 10.2. The van der Waals surface area contributed by atoms with Crippen LogP contribution in [0.1, 0.15) is 13.8 Å². The molecule has 0 saturated carbocycles. The second-order valence-electron chi connectivity index (χ2n) is 5.66. The van der Waals surface area contributed by atoms with E-state index in [1.165, 1.54) is 0 Å². The first-order valence-electron chi connectivity index (χ1n) is 7.35. The Balaban J connectivity index is 2.04. The van der Waals surface area contributed by atoms with E-state index in [1.807, 2.05) is 24.3 Å². The van der Waals surface area contributed by atoms with E-state index in [2.05, 4.69) is 35.2 Å². The third-order valence-electron chi connectivity index (χ3n) is 3.25. The number of nitrogens with zero attached hydrogens (tertiary/aromatic N) is 1. The highest BCUT2D eigenvalue weighted by molar-refractivity contribution is 5.96. The van der Waals surface area contributed by atoms with Crippen molar-refractivity contribution >= 4 is 28.4 Å². The van der Waals surface area contributed by atoms with Gasteiger partial charge in [-0.05, 0) is 30.2 Å². The highest BCUT2D eigenvalue weighted by Crippen LogP contribution is 2.21. The second kappa shape index (κ2) is 7.09. The van der Waals surface area contributed by atoms with Crippen LogP contribution in [0.15, 0.2) is 30.5 Å². The summed E-state index contributed by atoms with van der Waals surface area (Å²) >= 11 is 0. The van der Waals surface area contributed by atoms with Crippen molar-refractivity contribution in [1.29, 1.82) is 0 Å². The molecule has 1 heterocycles. The Morgan fingerprint density at radius 1 is 1.23 bits per heavy atom. The standard InChI is InChI=1S/C16H22N4O2/c1-11(2)10-20-6-5-12-7-13(3-4-14(12)20)19-16(22)9-18-15(21)8-17/h3-7,11H,8-10,17H2,1-2H3,(H,18,21)(H,19,22). The zero-order valence-corrected chi connectivity index (χ0v) is 12.9. The first kappa shape index (κ1) is 16.0. The molecule has 1 aromatic heterocycles. The molecule has 0 saturated heterocycles. The van der Waals surface area contributed by atoms with Crippen molar-refractivity contribution in [3.63, 3.8) is 0 Å². The molecule has 2 rings (SSSR count). The van der Waals surface area contributed by atoms with Gasteiger partial charge in [0, 0.05) is 29.3 Å². The van der Waals surface area contributed by atoms with Gasteiger partial charge >= 0.3 is 0 Å². The van der Waals surface area contributed by atoms with Crippen LogP contribution < -0.4 is 16.4 Å². The molecule has 0 aliphatic heterocycles. The fourth-order valence-corrected chi connectivity index (χ4v) is 2.29. The molecule has 4 N–H and O–H groups in total. The Morgan fingerprint density at radius 3 is 2.68 bits per heavy atom. The van der Waals surface area contributed by atoms with Gasteiger partial charge in [0.25, 0.3) is 0 Å². The minimum absolute atomic E-state index is 0.0809. The molecule has 0 atom stereocenters. The monoisotopic (exact) mass is 302 g/mol. The van der Waals surface area contributed by atoms with Crippen molar-refractivity contribution in [1.82, 2.24) is 9.88 Å². The lowest BCUT2D eigenvalue weighted by Crippen LogP contribution is -2.36. The third kappa shape index (κ3) is 4.08. The lowest BCUT2D eigenvalue weighted by Gasteiger charge is -2.09. The molecular weight excluding hydrogens is 280 g/mol. The average molecular weight is 302 g/mol. The zero-order valence-electron chi connectivity index (χ0n) is 12.9. The van der Waals surface area contributed by atoms with Gasteiger partial charge in [0.2, 0.25) is 11.8 Å². The molecular formula is C16H22N4O2. The van der Waals surface area contributed by atoms with Crippen LogP contribution >= 0.6 is 0 Å². The number of benzene rings is 1. The molecule has 0 aliphatic rings. The smallest absolute Gasteiger partial charge is 0.243 e. The van der Waals surface area contributed by atoms with Crippen LogP contribution in [-0.4, -0.2) is 29.5 Å². The molecule has 0 aliphatic carbocycles. The van der Waals surface area contributed by atoms with Crippen LogP contribution in [-0.2, 0) is 16.1 Å². The van der Waals surface area contributed by atoms with E-state index in [0.29, 0.717) is 11.6 Å². The number of carbonyl (C=O) groups is 2. The molecule has 0 fully saturated rings. The van der Waals surface area contributed by atoms with Gasteiger partial charge in [-0.3, -0.25) is 9.59 Å². The molecule has 2 amide bonds. The number of hydrogen-bond donors (Lipinski definition) is 3. The summed E-state index contributed by atoms with van der Waals surface area (Å²) in [6.45, 7) is 5.11. The number of fused-ring (bicyclic) bond motifs is 1. The van der Waals surface area contributed by atoms with Crippen molar-refractivity contribution < 1.29 is 9.59 Å². The highest BCUT2D eigenvalue weighted by atomic mass is 16.2. The molecule has 2 aromatic rings. The van der Waals surface area contributed by atoms with Crippen molar-refractivity contribution in [2.24, 2.45) is 11.7 Å². The number of amides is 2. The largest absolute Gasteiger partial charge is 0.347 e. The van der Waals surface area contributed by atoms with E-state index < -0.39 is 0 Å². The normalized spacial score (nSPS) is 10.9. The van der Waals surface area contributed by atoms with E-state index >= 15 is 0 Å². The van der Waals surface area contributed by atoms with Crippen molar-refractivity contribution in [3.05, 3.63) is 30.5 Å². The lowest BCUT2D eigenvalue weighted by molar-refractivity contribution is -0.123. The van der Waals surface area contributed by atoms with E-state index in [1.54, 1.807) is 0 Å². The summed E-state index contributed by atoms with van der Waals surface area (Å²) in [5.74, 6) is -0.0553. The van der Waals surface area contributed by atoms with Crippen LogP contribution in [0.25, 0.3) is 10.9 Å². The summed E-state index contributed by atoms with van der Waals surface area (Å²) in [6.07, 6.45) is 2.05. The molecule has 0 bridgehead atoms. The maximum Gasteiger partial charge on any atom is 0.243 e. The van der Waals surface area contributed by atoms with Crippen LogP contribution in [0, 0.1) is 5.92 Å². The molecule has 6 heteroatoms. The summed E-state index contributed by atoms with van der Waals surface area (Å²) in [5, 5.41) is 6.27. The maximum atomic E-state index is 11.7. The molecule has 0 unspecified atom stereocenters. The van der Waals surface area contributed by atoms with Gasteiger partial charge in [0.1, 0.15) is 0 Å². The van der Waals surface area contributed by atoms with Gasteiger partial charge in [0.15, 0.2) is 0 Å². The molecule has 118 valence electrons. The number of carbonyl (C=O) groups excluding carboxylic acids is 2. The van der Waals surface area contributed by atoms with Gasteiger partial charge < -0.3 is 20.9 Å². The Morgan fingerprint density at radius 2 is 2.00 bits per heavy atom. The van der Waals surface area contributed by atoms with E-state index in [9.17, 15) is 9.59 Å². The molecule has 1 aromatic carbocycles. The number of rotatable bonds is 6. The van der Waals surface area contributed by atoms with E-state index in [0.717, 1.165) is 17.4 Å². The SMILES string of the molecule is CC(C)Cn1ccc2cc(NC(=O)CNC(=O)CN)ccc21. The Labute approximate surface area is 129 Å². The van der Waals surface area contributed by atoms with Gasteiger partial charge in [0.05, 0.1) is 13.1 Å². The summed E-state index contributed by atoms with van der Waals surface area (Å²) < 4.78 is 2.20. The fourth-order valence-electron chi connectivity index (χ4n) is 2.29. The Hall–Kier alpha value is -2.34. The highest BCUT2D eigenvalue weighted by Gasteiger charge is 2.07. The predicted molar refractivity (Wildman–Crippen MR) is 87.5 cm³/mol. The van der Waals surface area contributed by atoms with Gasteiger partial charge in [-0.1, -0.05) is 13.8 Å². The van der Waals surface area contributed by atoms with Crippen LogP contribution in [0.5, 0.6) is 0 Å². The minimum atomic E-state index is -0.351. The topological polar surface area (TPSA) is 89.2 Å². The number of aromatic nitrogens is 1.